The number of carbonyl (C=O) groups excluding carboxylic acids is 1. The van der Waals surface area contributed by atoms with Crippen LogP contribution in [0.15, 0.2) is 18.3 Å². The van der Waals surface area contributed by atoms with Crippen molar-refractivity contribution in [2.45, 2.75) is 18.6 Å². The minimum absolute atomic E-state index is 0.0479. The van der Waals surface area contributed by atoms with Crippen molar-refractivity contribution in [2.24, 2.45) is 0 Å². The Morgan fingerprint density at radius 1 is 1.39 bits per heavy atom. The molecule has 0 aliphatic carbocycles. The normalized spacial score (nSPS) is 20.0. The zero-order valence-corrected chi connectivity index (χ0v) is 13.4. The summed E-state index contributed by atoms with van der Waals surface area (Å²) in [6, 6.07) is 3.63. The lowest BCUT2D eigenvalue weighted by Crippen LogP contribution is -2.47. The van der Waals surface area contributed by atoms with Crippen LogP contribution in [0.5, 0.6) is 0 Å². The van der Waals surface area contributed by atoms with E-state index in [-0.39, 0.29) is 5.91 Å². The number of nitrogens with one attached hydrogen (secondary N) is 1. The molecular formula is C16H23N3O4. The van der Waals surface area contributed by atoms with Gasteiger partial charge in [-0.05, 0) is 12.1 Å². The van der Waals surface area contributed by atoms with E-state index in [9.17, 15) is 4.79 Å². The molecule has 0 bridgehead atoms. The van der Waals surface area contributed by atoms with E-state index in [0.717, 1.165) is 5.69 Å². The maximum absolute atomic E-state index is 12.6. The van der Waals surface area contributed by atoms with Crippen LogP contribution in [-0.4, -0.2) is 68.1 Å². The summed E-state index contributed by atoms with van der Waals surface area (Å²) in [5, 5.41) is 3.21. The number of rotatable bonds is 5. The molecule has 1 aromatic rings. The largest absolute Gasteiger partial charge is 0.383 e. The molecule has 0 saturated carbocycles. The molecule has 2 aliphatic heterocycles. The topological polar surface area (TPSA) is 72.9 Å². The van der Waals surface area contributed by atoms with Gasteiger partial charge in [-0.3, -0.25) is 9.78 Å². The molecule has 23 heavy (non-hydrogen) atoms. The molecule has 1 aromatic heterocycles. The van der Waals surface area contributed by atoms with E-state index in [2.05, 4.69) is 10.3 Å². The molecule has 7 heteroatoms. The quantitative estimate of drug-likeness (QED) is 0.819. The van der Waals surface area contributed by atoms with E-state index < -0.39 is 5.79 Å². The summed E-state index contributed by atoms with van der Waals surface area (Å²) in [6.45, 7) is 3.84. The number of methoxy groups -OCH3 is 1. The number of amides is 1. The Hall–Kier alpha value is -1.70. The first kappa shape index (κ1) is 16.2. The molecule has 3 rings (SSSR count). The van der Waals surface area contributed by atoms with Gasteiger partial charge in [0.05, 0.1) is 19.8 Å². The van der Waals surface area contributed by atoms with Crippen molar-refractivity contribution in [2.75, 3.05) is 51.9 Å². The number of carbonyl (C=O) groups is 1. The maximum Gasteiger partial charge on any atom is 0.272 e. The van der Waals surface area contributed by atoms with Crippen molar-refractivity contribution in [3.05, 3.63) is 24.0 Å². The number of ether oxygens (including phenoxy) is 3. The van der Waals surface area contributed by atoms with Crippen LogP contribution in [0.2, 0.25) is 0 Å². The Bertz CT molecular complexity index is 536. The van der Waals surface area contributed by atoms with Crippen LogP contribution in [0.25, 0.3) is 0 Å². The van der Waals surface area contributed by atoms with Gasteiger partial charge >= 0.3 is 0 Å². The first-order chi connectivity index (χ1) is 11.2. The number of hydrogen-bond acceptors (Lipinski definition) is 6. The summed E-state index contributed by atoms with van der Waals surface area (Å²) in [4.78, 5) is 18.6. The summed E-state index contributed by atoms with van der Waals surface area (Å²) in [6.07, 6.45) is 3.08. The van der Waals surface area contributed by atoms with Crippen LogP contribution in [0.4, 0.5) is 5.69 Å². The fourth-order valence-electron chi connectivity index (χ4n) is 2.95. The van der Waals surface area contributed by atoms with E-state index in [1.807, 2.05) is 11.0 Å². The van der Waals surface area contributed by atoms with Crippen LogP contribution >= 0.6 is 0 Å². The summed E-state index contributed by atoms with van der Waals surface area (Å²) >= 11 is 0. The highest BCUT2D eigenvalue weighted by molar-refractivity contribution is 5.93. The smallest absolute Gasteiger partial charge is 0.272 e. The predicted molar refractivity (Wildman–Crippen MR) is 84.4 cm³/mol. The van der Waals surface area contributed by atoms with Crippen molar-refractivity contribution in [1.29, 1.82) is 0 Å². The molecule has 2 aliphatic rings. The average Bonchev–Trinajstić information content (AvgIpc) is 3.04. The van der Waals surface area contributed by atoms with Gasteiger partial charge in [-0.15, -0.1) is 0 Å². The van der Waals surface area contributed by atoms with Gasteiger partial charge in [0.1, 0.15) is 5.69 Å². The minimum atomic E-state index is -0.465. The standard InChI is InChI=1S/C16H23N3O4/c1-21-9-6-17-13-2-5-18-14(12-13)15(20)19-7-3-16(4-8-19)22-10-11-23-16/h2,5,12H,3-4,6-11H2,1H3,(H,17,18). The zero-order chi connectivity index (χ0) is 16.1. The van der Waals surface area contributed by atoms with Crippen LogP contribution in [0, 0.1) is 0 Å². The molecule has 3 heterocycles. The highest BCUT2D eigenvalue weighted by atomic mass is 16.7. The molecule has 0 aromatic carbocycles. The van der Waals surface area contributed by atoms with E-state index in [0.29, 0.717) is 58.0 Å². The van der Waals surface area contributed by atoms with Crippen molar-refractivity contribution >= 4 is 11.6 Å². The van der Waals surface area contributed by atoms with Crippen molar-refractivity contribution in [1.82, 2.24) is 9.88 Å². The van der Waals surface area contributed by atoms with Gasteiger partial charge in [-0.1, -0.05) is 0 Å². The Kier molecular flexibility index (Phi) is 5.09. The van der Waals surface area contributed by atoms with Gasteiger partial charge in [0, 0.05) is 51.5 Å². The lowest BCUT2D eigenvalue weighted by molar-refractivity contribution is -0.181. The third-order valence-electron chi connectivity index (χ3n) is 4.24. The molecular weight excluding hydrogens is 298 g/mol. The molecule has 126 valence electrons. The Morgan fingerprint density at radius 3 is 2.83 bits per heavy atom. The fourth-order valence-corrected chi connectivity index (χ4v) is 2.95. The third-order valence-corrected chi connectivity index (χ3v) is 4.24. The Labute approximate surface area is 135 Å². The van der Waals surface area contributed by atoms with Gasteiger partial charge < -0.3 is 24.4 Å². The van der Waals surface area contributed by atoms with Crippen molar-refractivity contribution in [3.63, 3.8) is 0 Å². The summed E-state index contributed by atoms with van der Waals surface area (Å²) in [5.41, 5.74) is 1.33. The molecule has 7 nitrogen and oxygen atoms in total. The number of pyridine rings is 1. The summed E-state index contributed by atoms with van der Waals surface area (Å²) in [7, 11) is 1.66. The maximum atomic E-state index is 12.6. The van der Waals surface area contributed by atoms with Gasteiger partial charge in [0.25, 0.3) is 5.91 Å². The molecule has 0 atom stereocenters. The zero-order valence-electron chi connectivity index (χ0n) is 13.4. The molecule has 2 saturated heterocycles. The van der Waals surface area contributed by atoms with Crippen molar-refractivity contribution < 1.29 is 19.0 Å². The summed E-state index contributed by atoms with van der Waals surface area (Å²) < 4.78 is 16.4. The lowest BCUT2D eigenvalue weighted by atomic mass is 10.0. The van der Waals surface area contributed by atoms with Crippen LogP contribution in [-0.2, 0) is 14.2 Å². The van der Waals surface area contributed by atoms with E-state index >= 15 is 0 Å². The van der Waals surface area contributed by atoms with Gasteiger partial charge in [0.2, 0.25) is 0 Å². The van der Waals surface area contributed by atoms with Gasteiger partial charge in [-0.25, -0.2) is 0 Å². The SMILES string of the molecule is COCCNc1ccnc(C(=O)N2CCC3(CC2)OCCO3)c1. The molecule has 1 amide bonds. The number of anilines is 1. The highest BCUT2D eigenvalue weighted by Crippen LogP contribution is 2.31. The van der Waals surface area contributed by atoms with Gasteiger partial charge in [-0.2, -0.15) is 0 Å². The van der Waals surface area contributed by atoms with Gasteiger partial charge in [0.15, 0.2) is 5.79 Å². The number of likely N-dealkylation sites (tertiary alicyclic amines) is 1. The van der Waals surface area contributed by atoms with Crippen molar-refractivity contribution in [3.8, 4) is 0 Å². The number of nitrogens with zero attached hydrogens (tertiary/aromatic N) is 2. The third kappa shape index (κ3) is 3.80. The molecule has 1 N–H and O–H groups in total. The predicted octanol–water partition coefficient (Wildman–Crippen LogP) is 1.12. The van der Waals surface area contributed by atoms with E-state index in [1.165, 1.54) is 0 Å². The first-order valence-electron chi connectivity index (χ1n) is 7.98. The summed E-state index contributed by atoms with van der Waals surface area (Å²) in [5.74, 6) is -0.512. The lowest BCUT2D eigenvalue weighted by Gasteiger charge is -2.37. The Morgan fingerprint density at radius 2 is 2.13 bits per heavy atom. The molecule has 2 fully saturated rings. The second-order valence-corrected chi connectivity index (χ2v) is 5.75. The van der Waals surface area contributed by atoms with Crippen LogP contribution in [0.1, 0.15) is 23.3 Å². The monoisotopic (exact) mass is 321 g/mol. The fraction of sp³-hybridized carbons (Fsp3) is 0.625. The van der Waals surface area contributed by atoms with Crippen LogP contribution in [0.3, 0.4) is 0 Å². The van der Waals surface area contributed by atoms with E-state index in [1.54, 1.807) is 19.4 Å². The average molecular weight is 321 g/mol. The molecule has 0 unspecified atom stereocenters. The highest BCUT2D eigenvalue weighted by Gasteiger charge is 2.41. The number of aromatic nitrogens is 1. The first-order valence-corrected chi connectivity index (χ1v) is 7.98. The Balaban J connectivity index is 1.58. The minimum Gasteiger partial charge on any atom is -0.383 e. The molecule has 0 radical (unpaired) electrons. The second-order valence-electron chi connectivity index (χ2n) is 5.75. The molecule has 1 spiro atoms. The number of hydrogen-bond donors (Lipinski definition) is 1. The second kappa shape index (κ2) is 7.25. The van der Waals surface area contributed by atoms with Crippen LogP contribution < -0.4 is 5.32 Å². The van der Waals surface area contributed by atoms with E-state index in [4.69, 9.17) is 14.2 Å². The number of piperidine rings is 1.